The van der Waals surface area contributed by atoms with Gasteiger partial charge in [-0.25, -0.2) is 4.79 Å². The number of carboxylic acids is 1. The van der Waals surface area contributed by atoms with E-state index in [1.54, 1.807) is 16.8 Å². The summed E-state index contributed by atoms with van der Waals surface area (Å²) in [7, 11) is 1.76. The average molecular weight is 385 g/mol. The Balaban J connectivity index is 1.84. The highest BCUT2D eigenvalue weighted by Gasteiger charge is 2.28. The van der Waals surface area contributed by atoms with Crippen LogP contribution in [0.2, 0.25) is 0 Å². The number of nitrogens with zero attached hydrogens (tertiary/aromatic N) is 3. The highest BCUT2D eigenvalue weighted by atomic mass is 16.5. The second-order valence-corrected chi connectivity index (χ2v) is 8.31. The first kappa shape index (κ1) is 21.9. The number of likely N-dealkylation sites (N-methyl/N-ethyl adjacent to an activating group) is 1. The maximum atomic E-state index is 12.8. The molecule has 8 nitrogen and oxygen atoms in total. The molecule has 0 bridgehead atoms. The molecule has 0 aromatic carbocycles. The molecule has 2 heterocycles. The lowest BCUT2D eigenvalue weighted by molar-refractivity contribution is -0.138. The number of morpholine rings is 1. The Labute approximate surface area is 162 Å². The van der Waals surface area contributed by atoms with Crippen LogP contribution in [-0.4, -0.2) is 103 Å². The molecular weight excluding hydrogens is 348 g/mol. The summed E-state index contributed by atoms with van der Waals surface area (Å²) < 4.78 is 5.72. The van der Waals surface area contributed by atoms with Crippen molar-refractivity contribution >= 4 is 12.0 Å². The van der Waals surface area contributed by atoms with Crippen molar-refractivity contribution in [2.45, 2.75) is 45.3 Å². The van der Waals surface area contributed by atoms with Crippen LogP contribution in [-0.2, 0) is 9.53 Å². The van der Waals surface area contributed by atoms with E-state index in [9.17, 15) is 9.59 Å². The SMILES string of the molecule is CC(C)C[C@@H](CN1CCCC1)NC(=O)N1CCOC(CN(C)CC(=O)O)C1. The monoisotopic (exact) mass is 384 g/mol. The van der Waals surface area contributed by atoms with Crippen LogP contribution < -0.4 is 5.32 Å². The van der Waals surface area contributed by atoms with Crippen molar-refractivity contribution in [3.8, 4) is 0 Å². The van der Waals surface area contributed by atoms with Gasteiger partial charge in [-0.1, -0.05) is 13.8 Å². The van der Waals surface area contributed by atoms with Gasteiger partial charge in [-0.05, 0) is 45.3 Å². The van der Waals surface area contributed by atoms with Crippen molar-refractivity contribution in [2.24, 2.45) is 5.92 Å². The summed E-state index contributed by atoms with van der Waals surface area (Å²) in [5.41, 5.74) is 0. The minimum absolute atomic E-state index is 0.0294. The average Bonchev–Trinajstić information content (AvgIpc) is 3.06. The van der Waals surface area contributed by atoms with Gasteiger partial charge in [0, 0.05) is 32.2 Å². The van der Waals surface area contributed by atoms with E-state index >= 15 is 0 Å². The van der Waals surface area contributed by atoms with Gasteiger partial charge >= 0.3 is 12.0 Å². The summed E-state index contributed by atoms with van der Waals surface area (Å²) in [6.45, 7) is 9.56. The van der Waals surface area contributed by atoms with E-state index in [0.717, 1.165) is 26.1 Å². The van der Waals surface area contributed by atoms with Gasteiger partial charge in [-0.2, -0.15) is 0 Å². The van der Waals surface area contributed by atoms with Crippen molar-refractivity contribution < 1.29 is 19.4 Å². The molecule has 2 saturated heterocycles. The normalized spacial score (nSPS) is 22.4. The number of ether oxygens (including phenoxy) is 1. The Hall–Kier alpha value is -1.38. The molecule has 0 spiro atoms. The van der Waals surface area contributed by atoms with Gasteiger partial charge in [-0.15, -0.1) is 0 Å². The third kappa shape index (κ3) is 8.02. The predicted octanol–water partition coefficient (Wildman–Crippen LogP) is 0.924. The Morgan fingerprint density at radius 2 is 1.96 bits per heavy atom. The number of urea groups is 1. The van der Waals surface area contributed by atoms with E-state index in [-0.39, 0.29) is 24.7 Å². The number of carboxylic acid groups (broad SMARTS) is 1. The van der Waals surface area contributed by atoms with Gasteiger partial charge in [0.25, 0.3) is 0 Å². The first-order chi connectivity index (χ1) is 12.8. The third-order valence-electron chi connectivity index (χ3n) is 5.11. The lowest BCUT2D eigenvalue weighted by Crippen LogP contribution is -2.55. The first-order valence-corrected chi connectivity index (χ1v) is 10.1. The number of nitrogens with one attached hydrogen (secondary N) is 1. The van der Waals surface area contributed by atoms with Gasteiger partial charge in [0.2, 0.25) is 0 Å². The predicted molar refractivity (Wildman–Crippen MR) is 104 cm³/mol. The summed E-state index contributed by atoms with van der Waals surface area (Å²) in [6.07, 6.45) is 3.31. The lowest BCUT2D eigenvalue weighted by Gasteiger charge is -2.36. The van der Waals surface area contributed by atoms with E-state index < -0.39 is 5.97 Å². The minimum atomic E-state index is -0.860. The van der Waals surface area contributed by atoms with Gasteiger partial charge in [0.05, 0.1) is 19.3 Å². The molecule has 27 heavy (non-hydrogen) atoms. The molecule has 2 rings (SSSR count). The number of hydrogen-bond acceptors (Lipinski definition) is 5. The Bertz CT molecular complexity index is 482. The molecule has 0 aromatic heterocycles. The van der Waals surface area contributed by atoms with Crippen molar-refractivity contribution in [2.75, 3.05) is 59.5 Å². The maximum Gasteiger partial charge on any atom is 0.317 e. The molecule has 0 saturated carbocycles. The minimum Gasteiger partial charge on any atom is -0.480 e. The topological polar surface area (TPSA) is 85.4 Å². The number of hydrogen-bond donors (Lipinski definition) is 2. The van der Waals surface area contributed by atoms with Crippen molar-refractivity contribution in [3.63, 3.8) is 0 Å². The number of aliphatic carboxylic acids is 1. The third-order valence-corrected chi connectivity index (χ3v) is 5.11. The van der Waals surface area contributed by atoms with Crippen LogP contribution in [0.15, 0.2) is 0 Å². The second kappa shape index (κ2) is 10.8. The van der Waals surface area contributed by atoms with E-state index in [2.05, 4.69) is 24.1 Å². The van der Waals surface area contributed by atoms with Crippen molar-refractivity contribution in [1.29, 1.82) is 0 Å². The van der Waals surface area contributed by atoms with Crippen LogP contribution in [0.5, 0.6) is 0 Å². The highest BCUT2D eigenvalue weighted by Crippen LogP contribution is 2.13. The summed E-state index contributed by atoms with van der Waals surface area (Å²) >= 11 is 0. The summed E-state index contributed by atoms with van der Waals surface area (Å²) in [4.78, 5) is 29.6. The van der Waals surface area contributed by atoms with E-state index in [1.165, 1.54) is 12.8 Å². The fourth-order valence-electron chi connectivity index (χ4n) is 3.95. The molecular formula is C19H36N4O4. The van der Waals surface area contributed by atoms with E-state index in [4.69, 9.17) is 9.84 Å². The maximum absolute atomic E-state index is 12.8. The molecule has 156 valence electrons. The van der Waals surface area contributed by atoms with Gasteiger partial charge < -0.3 is 25.0 Å². The first-order valence-electron chi connectivity index (χ1n) is 10.1. The van der Waals surface area contributed by atoms with Crippen LogP contribution in [0.4, 0.5) is 4.79 Å². The molecule has 1 unspecified atom stereocenters. The molecule has 2 aliphatic rings. The zero-order valence-corrected chi connectivity index (χ0v) is 17.0. The molecule has 2 N–H and O–H groups in total. The molecule has 8 heteroatoms. The lowest BCUT2D eigenvalue weighted by atomic mass is 10.0. The van der Waals surface area contributed by atoms with Crippen LogP contribution in [0.25, 0.3) is 0 Å². The van der Waals surface area contributed by atoms with Crippen LogP contribution in [0, 0.1) is 5.92 Å². The van der Waals surface area contributed by atoms with Crippen molar-refractivity contribution in [3.05, 3.63) is 0 Å². The Morgan fingerprint density at radius 3 is 2.59 bits per heavy atom. The number of likely N-dealkylation sites (tertiary alicyclic amines) is 1. The Kier molecular flexibility index (Phi) is 8.79. The van der Waals surface area contributed by atoms with Gasteiger partial charge in [-0.3, -0.25) is 9.69 Å². The van der Waals surface area contributed by atoms with E-state index in [1.807, 2.05) is 0 Å². The standard InChI is InChI=1S/C19H36N4O4/c1-15(2)10-16(11-22-6-4-5-7-22)20-19(26)23-8-9-27-17(13-23)12-21(3)14-18(24)25/h15-17H,4-14H2,1-3H3,(H,20,26)(H,24,25)/t16-,17?/m0/s1. The van der Waals surface area contributed by atoms with E-state index in [0.29, 0.717) is 32.2 Å². The summed E-state index contributed by atoms with van der Waals surface area (Å²) in [5.74, 6) is -0.332. The number of amides is 2. The second-order valence-electron chi connectivity index (χ2n) is 8.31. The molecule has 0 aliphatic carbocycles. The molecule has 0 radical (unpaired) electrons. The summed E-state index contributed by atoms with van der Waals surface area (Å²) in [5, 5.41) is 12.1. The van der Waals surface area contributed by atoms with Crippen LogP contribution in [0.3, 0.4) is 0 Å². The highest BCUT2D eigenvalue weighted by molar-refractivity contribution is 5.74. The zero-order chi connectivity index (χ0) is 19.8. The van der Waals surface area contributed by atoms with Crippen LogP contribution >= 0.6 is 0 Å². The number of rotatable bonds is 9. The van der Waals surface area contributed by atoms with Gasteiger partial charge in [0.1, 0.15) is 0 Å². The van der Waals surface area contributed by atoms with Gasteiger partial charge in [0.15, 0.2) is 0 Å². The van der Waals surface area contributed by atoms with Crippen molar-refractivity contribution in [1.82, 2.24) is 20.0 Å². The fourth-order valence-corrected chi connectivity index (χ4v) is 3.95. The molecule has 2 fully saturated rings. The zero-order valence-electron chi connectivity index (χ0n) is 17.0. The Morgan fingerprint density at radius 1 is 1.26 bits per heavy atom. The number of carbonyl (C=O) groups is 2. The number of carbonyl (C=O) groups excluding carboxylic acids is 1. The quantitative estimate of drug-likeness (QED) is 0.615. The largest absolute Gasteiger partial charge is 0.480 e. The molecule has 0 aromatic rings. The molecule has 2 amide bonds. The molecule has 2 atom stereocenters. The van der Waals surface area contributed by atoms with Crippen LogP contribution in [0.1, 0.15) is 33.1 Å². The molecule has 2 aliphatic heterocycles. The fraction of sp³-hybridized carbons (Fsp3) is 0.895. The smallest absolute Gasteiger partial charge is 0.317 e. The summed E-state index contributed by atoms with van der Waals surface area (Å²) in [6, 6.07) is 0.126.